The molecule has 29 heavy (non-hydrogen) atoms. The van der Waals surface area contributed by atoms with Gasteiger partial charge in [0.25, 0.3) is 5.91 Å². The molecule has 0 spiro atoms. The van der Waals surface area contributed by atoms with Crippen molar-refractivity contribution in [1.29, 1.82) is 0 Å². The van der Waals surface area contributed by atoms with Crippen molar-refractivity contribution in [2.24, 2.45) is 20.4 Å². The number of nitrogens with zero attached hydrogens (tertiary/aromatic N) is 6. The molecule has 0 atom stereocenters. The molecule has 2 rings (SSSR count). The second kappa shape index (κ2) is 11.5. The van der Waals surface area contributed by atoms with Crippen LogP contribution in [0, 0.1) is 0 Å². The highest BCUT2D eigenvalue weighted by Crippen LogP contribution is 2.21. The number of hydrogen-bond donors (Lipinski definition) is 1. The summed E-state index contributed by atoms with van der Waals surface area (Å²) in [6.07, 6.45) is 0. The van der Waals surface area contributed by atoms with Crippen LogP contribution in [0.4, 0.5) is 17.1 Å². The third kappa shape index (κ3) is 6.99. The number of isothiocyanates is 2. The summed E-state index contributed by atoms with van der Waals surface area (Å²) in [5.74, 6) is -0.321. The van der Waals surface area contributed by atoms with Gasteiger partial charge in [0.05, 0.1) is 34.8 Å². The van der Waals surface area contributed by atoms with Crippen molar-refractivity contribution in [1.82, 2.24) is 10.4 Å². The molecule has 1 N–H and O–H groups in total. The number of nitrogens with one attached hydrogen (secondary N) is 1. The Morgan fingerprint density at radius 2 is 1.55 bits per heavy atom. The molecule has 0 aliphatic rings. The fourth-order valence-corrected chi connectivity index (χ4v) is 2.41. The molecule has 2 aromatic rings. The summed E-state index contributed by atoms with van der Waals surface area (Å²) in [5, 5.41) is 21.3. The van der Waals surface area contributed by atoms with E-state index in [1.165, 1.54) is 5.01 Å². The normalized spacial score (nSPS) is 10.0. The van der Waals surface area contributed by atoms with Gasteiger partial charge in [-0.25, -0.2) is 5.01 Å². The minimum atomic E-state index is -0.321. The number of azo groups is 1. The lowest BCUT2D eigenvalue weighted by Crippen LogP contribution is -2.31. The third-order valence-electron chi connectivity index (χ3n) is 3.72. The van der Waals surface area contributed by atoms with Crippen molar-refractivity contribution in [3.05, 3.63) is 54.1 Å². The van der Waals surface area contributed by atoms with Crippen molar-refractivity contribution in [2.45, 2.75) is 0 Å². The van der Waals surface area contributed by atoms with E-state index in [-0.39, 0.29) is 12.5 Å². The molecule has 0 heterocycles. The van der Waals surface area contributed by atoms with Crippen LogP contribution in [0.2, 0.25) is 0 Å². The van der Waals surface area contributed by atoms with Gasteiger partial charge in [-0.2, -0.15) is 10.2 Å². The molecule has 0 aliphatic heterocycles. The van der Waals surface area contributed by atoms with Gasteiger partial charge in [0.15, 0.2) is 0 Å². The zero-order valence-electron chi connectivity index (χ0n) is 15.9. The number of amides is 1. The molecule has 0 unspecified atom stereocenters. The van der Waals surface area contributed by atoms with Crippen LogP contribution >= 0.6 is 24.4 Å². The first kappa shape index (κ1) is 22.0. The van der Waals surface area contributed by atoms with E-state index < -0.39 is 0 Å². The summed E-state index contributed by atoms with van der Waals surface area (Å²) in [6.45, 7) is 0.586. The standard InChI is InChI=1S/C19H19N7OS2/c1-25(2)18-9-7-17(8-10-18)24-23-16-5-3-15(4-6-16)19(27)26(22-14-29)12-11-20-21-13-28/h3-10,20H,11-12H2,1-2H3. The van der Waals surface area contributed by atoms with Crippen LogP contribution in [-0.4, -0.2) is 48.4 Å². The maximum absolute atomic E-state index is 12.6. The average Bonchev–Trinajstić information content (AvgIpc) is 2.74. The van der Waals surface area contributed by atoms with Gasteiger partial charge in [-0.15, -0.1) is 10.2 Å². The Bertz CT molecular complexity index is 946. The monoisotopic (exact) mass is 425 g/mol. The van der Waals surface area contributed by atoms with Crippen molar-refractivity contribution in [2.75, 3.05) is 32.1 Å². The van der Waals surface area contributed by atoms with Crippen molar-refractivity contribution < 1.29 is 4.79 Å². The van der Waals surface area contributed by atoms with Gasteiger partial charge in [-0.1, -0.05) is 0 Å². The second-order valence-electron chi connectivity index (χ2n) is 5.89. The fourth-order valence-electron chi connectivity index (χ4n) is 2.24. The molecule has 2 aromatic carbocycles. The number of benzene rings is 2. The van der Waals surface area contributed by atoms with Crippen LogP contribution in [0.3, 0.4) is 0 Å². The Labute approximate surface area is 179 Å². The first-order valence-corrected chi connectivity index (χ1v) is 9.35. The predicted molar refractivity (Wildman–Crippen MR) is 120 cm³/mol. The Kier molecular flexibility index (Phi) is 8.75. The van der Waals surface area contributed by atoms with Gasteiger partial charge < -0.3 is 4.90 Å². The summed E-state index contributed by atoms with van der Waals surface area (Å²) in [5.41, 5.74) is 5.53. The zero-order chi connectivity index (χ0) is 21.1. The SMILES string of the molecule is CN(C)c1ccc(N=Nc2ccc(C(=O)N(CCNN=C=S)N=C=S)cc2)cc1. The number of hydrogen-bond acceptors (Lipinski definition) is 9. The molecule has 0 saturated carbocycles. The first-order chi connectivity index (χ1) is 14.0. The molecule has 1 amide bonds. The highest BCUT2D eigenvalue weighted by Gasteiger charge is 2.14. The molecule has 0 aromatic heterocycles. The minimum Gasteiger partial charge on any atom is -0.378 e. The van der Waals surface area contributed by atoms with Gasteiger partial charge in [-0.05, 0) is 73.0 Å². The minimum absolute atomic E-state index is 0.243. The molecular formula is C19H19N7OS2. The van der Waals surface area contributed by atoms with Gasteiger partial charge in [0.2, 0.25) is 0 Å². The van der Waals surface area contributed by atoms with E-state index in [9.17, 15) is 4.79 Å². The van der Waals surface area contributed by atoms with Crippen LogP contribution in [-0.2, 0) is 0 Å². The van der Waals surface area contributed by atoms with Crippen LogP contribution in [0.5, 0.6) is 0 Å². The van der Waals surface area contributed by atoms with Crippen molar-refractivity contribution in [3.63, 3.8) is 0 Å². The Morgan fingerprint density at radius 3 is 2.07 bits per heavy atom. The van der Waals surface area contributed by atoms with Crippen LogP contribution < -0.4 is 10.3 Å². The molecule has 10 heteroatoms. The second-order valence-corrected chi connectivity index (χ2v) is 6.25. The molecular weight excluding hydrogens is 406 g/mol. The molecule has 8 nitrogen and oxygen atoms in total. The smallest absolute Gasteiger partial charge is 0.274 e. The first-order valence-electron chi connectivity index (χ1n) is 8.53. The average molecular weight is 426 g/mol. The quantitative estimate of drug-likeness (QED) is 0.214. The molecule has 0 fully saturated rings. The summed E-state index contributed by atoms with van der Waals surface area (Å²) in [7, 11) is 3.95. The summed E-state index contributed by atoms with van der Waals surface area (Å²) < 4.78 is 0. The van der Waals surface area contributed by atoms with E-state index in [0.717, 1.165) is 11.4 Å². The topological polar surface area (TPSA) is 85.0 Å². The van der Waals surface area contributed by atoms with Gasteiger partial charge >= 0.3 is 0 Å². The number of hydrazone groups is 2. The predicted octanol–water partition coefficient (Wildman–Crippen LogP) is 4.24. The largest absolute Gasteiger partial charge is 0.378 e. The Morgan fingerprint density at radius 1 is 0.966 bits per heavy atom. The van der Waals surface area contributed by atoms with Gasteiger partial charge in [0, 0.05) is 25.3 Å². The Balaban J connectivity index is 2.04. The maximum Gasteiger partial charge on any atom is 0.274 e. The van der Waals surface area contributed by atoms with Crippen molar-refractivity contribution in [3.8, 4) is 0 Å². The summed E-state index contributed by atoms with van der Waals surface area (Å²) in [6, 6.07) is 14.4. The van der Waals surface area contributed by atoms with E-state index in [1.807, 2.05) is 43.3 Å². The lowest BCUT2D eigenvalue weighted by atomic mass is 10.2. The highest BCUT2D eigenvalue weighted by atomic mass is 32.1. The lowest BCUT2D eigenvalue weighted by Gasteiger charge is -2.15. The number of anilines is 1. The number of thiocarbonyl (C=S) groups is 2. The zero-order valence-corrected chi connectivity index (χ0v) is 17.6. The Hall–Kier alpha value is -3.29. The van der Waals surface area contributed by atoms with Gasteiger partial charge in [0.1, 0.15) is 0 Å². The summed E-state index contributed by atoms with van der Waals surface area (Å²) >= 11 is 9.07. The van der Waals surface area contributed by atoms with Crippen LogP contribution in [0.25, 0.3) is 0 Å². The molecule has 148 valence electrons. The number of carbonyl (C=O) groups is 1. The number of carbonyl (C=O) groups excluding carboxylic acids is 1. The molecule has 0 saturated heterocycles. The maximum atomic E-state index is 12.6. The van der Waals surface area contributed by atoms with E-state index >= 15 is 0 Å². The molecule has 0 bridgehead atoms. The van der Waals surface area contributed by atoms with E-state index in [1.54, 1.807) is 24.3 Å². The van der Waals surface area contributed by atoms with Crippen molar-refractivity contribution >= 4 is 57.7 Å². The fraction of sp³-hybridized carbons (Fsp3) is 0.211. The van der Waals surface area contributed by atoms with Crippen LogP contribution in [0.15, 0.2) is 69.0 Å². The highest BCUT2D eigenvalue weighted by molar-refractivity contribution is 7.78. The molecule has 0 aliphatic carbocycles. The summed E-state index contributed by atoms with van der Waals surface area (Å²) in [4.78, 5) is 14.6. The third-order valence-corrected chi connectivity index (χ3v) is 3.89. The van der Waals surface area contributed by atoms with E-state index in [0.29, 0.717) is 17.8 Å². The lowest BCUT2D eigenvalue weighted by molar-refractivity contribution is 0.0764. The molecule has 0 radical (unpaired) electrons. The van der Waals surface area contributed by atoms with E-state index in [4.69, 9.17) is 0 Å². The van der Waals surface area contributed by atoms with Crippen LogP contribution in [0.1, 0.15) is 10.4 Å². The van der Waals surface area contributed by atoms with Gasteiger partial charge in [-0.3, -0.25) is 10.2 Å². The number of rotatable bonds is 9. The van der Waals surface area contributed by atoms with E-state index in [2.05, 4.69) is 60.6 Å².